The maximum Gasteiger partial charge on any atom is 0.160 e. The van der Waals surface area contributed by atoms with Gasteiger partial charge in [0.1, 0.15) is 0 Å². The molecule has 274 valence electrons. The summed E-state index contributed by atoms with van der Waals surface area (Å²) in [6.07, 6.45) is 0. The topological polar surface area (TPSA) is 43.1 Å². The molecule has 4 heterocycles. The molecule has 0 fully saturated rings. The van der Waals surface area contributed by atoms with Gasteiger partial charge in [-0.05, 0) is 58.3 Å². The lowest BCUT2D eigenvalue weighted by Gasteiger charge is -2.17. The van der Waals surface area contributed by atoms with Crippen LogP contribution in [0.25, 0.3) is 116 Å². The van der Waals surface area contributed by atoms with Crippen LogP contribution in [-0.4, -0.2) is 19.4 Å². The van der Waals surface area contributed by atoms with E-state index in [2.05, 4.69) is 186 Å². The van der Waals surface area contributed by atoms with Crippen LogP contribution >= 0.6 is 0 Å². The quantitative estimate of drug-likeness (QED) is 0.126. The van der Waals surface area contributed by atoms with E-state index in [-0.39, 0.29) is 0 Å². The van der Waals surface area contributed by atoms with Crippen molar-refractivity contribution in [1.29, 1.82) is 0 Å². The number of hydrogen-bond acceptors (Lipinski definition) is 3. The smallest absolute Gasteiger partial charge is 0.160 e. The molecule has 0 atom stereocenters. The van der Waals surface area contributed by atoms with Crippen LogP contribution in [0.4, 0.5) is 0 Å². The third-order valence-corrected chi connectivity index (χ3v) is 11.7. The SMILES string of the molecule is c1ccc(-c2cc(-c3ccc4c5c3cccc5c3cccc5c6cc(-c7cc(-c8ccccc8)nc(-c8ccccc8)n7)ccc6n4c35)cc(-c3ccccc3)n2)cc1. The molecule has 0 saturated heterocycles. The van der Waals surface area contributed by atoms with E-state index in [0.29, 0.717) is 5.82 Å². The molecule has 0 aliphatic heterocycles. The van der Waals surface area contributed by atoms with E-state index in [1.165, 1.54) is 54.4 Å². The van der Waals surface area contributed by atoms with Crippen molar-refractivity contribution in [2.24, 2.45) is 0 Å². The fourth-order valence-electron chi connectivity index (χ4n) is 9.01. The molecule has 59 heavy (non-hydrogen) atoms. The van der Waals surface area contributed by atoms with Crippen LogP contribution in [0.2, 0.25) is 0 Å². The molecule has 0 unspecified atom stereocenters. The Kier molecular flexibility index (Phi) is 7.50. The fraction of sp³-hybridized carbons (Fsp3) is 0. The third kappa shape index (κ3) is 5.42. The molecule has 0 aliphatic carbocycles. The minimum absolute atomic E-state index is 0.712. The molecule has 0 aliphatic rings. The highest BCUT2D eigenvalue weighted by Gasteiger charge is 2.21. The van der Waals surface area contributed by atoms with Gasteiger partial charge in [-0.15, -0.1) is 0 Å². The Morgan fingerprint density at radius 2 is 0.780 bits per heavy atom. The Morgan fingerprint density at radius 3 is 1.39 bits per heavy atom. The number of fused-ring (bicyclic) bond motifs is 5. The van der Waals surface area contributed by atoms with Crippen LogP contribution in [0.5, 0.6) is 0 Å². The summed E-state index contributed by atoms with van der Waals surface area (Å²) in [5.74, 6) is 0.712. The number of benzene rings is 8. The molecule has 0 saturated carbocycles. The highest BCUT2D eigenvalue weighted by molar-refractivity contribution is 6.28. The number of para-hydroxylation sites is 1. The van der Waals surface area contributed by atoms with E-state index in [1.807, 2.05) is 24.3 Å². The summed E-state index contributed by atoms with van der Waals surface area (Å²) in [5, 5.41) is 7.37. The molecule has 4 aromatic heterocycles. The number of nitrogens with zero attached hydrogens (tertiary/aromatic N) is 4. The minimum atomic E-state index is 0.712. The second-order valence-corrected chi connectivity index (χ2v) is 15.2. The molecular weight excluding hydrogens is 717 g/mol. The number of hydrogen-bond donors (Lipinski definition) is 0. The van der Waals surface area contributed by atoms with Crippen molar-refractivity contribution in [3.63, 3.8) is 0 Å². The monoisotopic (exact) mass is 750 g/mol. The van der Waals surface area contributed by atoms with Gasteiger partial charge in [-0.1, -0.05) is 170 Å². The molecule has 12 aromatic rings. The highest BCUT2D eigenvalue weighted by atomic mass is 14.9. The van der Waals surface area contributed by atoms with Crippen molar-refractivity contribution in [1.82, 2.24) is 19.4 Å². The Labute approximate surface area is 340 Å². The van der Waals surface area contributed by atoms with Gasteiger partial charge in [0.25, 0.3) is 0 Å². The molecule has 0 bridgehead atoms. The zero-order chi connectivity index (χ0) is 38.9. The van der Waals surface area contributed by atoms with Crippen molar-refractivity contribution >= 4 is 48.9 Å². The van der Waals surface area contributed by atoms with Gasteiger partial charge in [-0.2, -0.15) is 0 Å². The van der Waals surface area contributed by atoms with Gasteiger partial charge in [0.05, 0.1) is 39.3 Å². The molecule has 8 aromatic carbocycles. The van der Waals surface area contributed by atoms with Crippen molar-refractivity contribution in [2.75, 3.05) is 0 Å². The standard InChI is InChI=1S/C55H34N4/c1-5-15-35(16-6-1)47-32-40(33-48(56-47)36-17-7-2-8-18-36)41-28-30-52-53-42(41)23-13-24-43(53)44-25-14-26-45-46-31-39(27-29-51(46)59(52)54(44)45)50-34-49(37-19-9-3-10-20-37)57-55(58-50)38-21-11-4-12-22-38/h1-34H. The summed E-state index contributed by atoms with van der Waals surface area (Å²) in [6, 6.07) is 73.1. The van der Waals surface area contributed by atoms with Gasteiger partial charge in [0, 0.05) is 49.4 Å². The molecule has 4 heteroatoms. The van der Waals surface area contributed by atoms with Crippen LogP contribution in [-0.2, 0) is 0 Å². The Morgan fingerprint density at radius 1 is 0.288 bits per heavy atom. The average Bonchev–Trinajstić information content (AvgIpc) is 3.66. The largest absolute Gasteiger partial charge is 0.308 e. The molecular formula is C55H34N4. The summed E-state index contributed by atoms with van der Waals surface area (Å²) >= 11 is 0. The molecule has 4 nitrogen and oxygen atoms in total. The summed E-state index contributed by atoms with van der Waals surface area (Å²) in [7, 11) is 0. The lowest BCUT2D eigenvalue weighted by molar-refractivity contribution is 1.18. The van der Waals surface area contributed by atoms with E-state index in [4.69, 9.17) is 15.0 Å². The van der Waals surface area contributed by atoms with Gasteiger partial charge in [-0.3, -0.25) is 0 Å². The molecule has 12 rings (SSSR count). The second-order valence-electron chi connectivity index (χ2n) is 15.2. The molecule has 0 spiro atoms. The molecule has 0 N–H and O–H groups in total. The van der Waals surface area contributed by atoms with Gasteiger partial charge < -0.3 is 4.40 Å². The van der Waals surface area contributed by atoms with Crippen LogP contribution in [0.3, 0.4) is 0 Å². The van der Waals surface area contributed by atoms with Crippen molar-refractivity contribution in [3.8, 4) is 67.5 Å². The Balaban J connectivity index is 1.08. The summed E-state index contributed by atoms with van der Waals surface area (Å²) < 4.78 is 2.48. The van der Waals surface area contributed by atoms with E-state index < -0.39 is 0 Å². The van der Waals surface area contributed by atoms with Crippen molar-refractivity contribution in [2.45, 2.75) is 0 Å². The highest BCUT2D eigenvalue weighted by Crippen LogP contribution is 2.44. The van der Waals surface area contributed by atoms with E-state index in [0.717, 1.165) is 56.2 Å². The van der Waals surface area contributed by atoms with E-state index >= 15 is 0 Å². The summed E-state index contributed by atoms with van der Waals surface area (Å²) in [5.41, 5.74) is 14.9. The zero-order valence-corrected chi connectivity index (χ0v) is 31.9. The predicted molar refractivity (Wildman–Crippen MR) is 245 cm³/mol. The number of pyridine rings is 2. The Hall–Kier alpha value is -7.95. The predicted octanol–water partition coefficient (Wildman–Crippen LogP) is 14.2. The summed E-state index contributed by atoms with van der Waals surface area (Å²) in [4.78, 5) is 15.4. The Bertz CT molecular complexity index is 3410. The lowest BCUT2D eigenvalue weighted by Crippen LogP contribution is -1.96. The van der Waals surface area contributed by atoms with Gasteiger partial charge in [-0.25, -0.2) is 15.0 Å². The molecule has 0 radical (unpaired) electrons. The zero-order valence-electron chi connectivity index (χ0n) is 31.9. The minimum Gasteiger partial charge on any atom is -0.308 e. The maximum absolute atomic E-state index is 5.18. The summed E-state index contributed by atoms with van der Waals surface area (Å²) in [6.45, 7) is 0. The van der Waals surface area contributed by atoms with Gasteiger partial charge in [0.2, 0.25) is 0 Å². The number of rotatable bonds is 6. The van der Waals surface area contributed by atoms with Crippen molar-refractivity contribution in [3.05, 3.63) is 206 Å². The van der Waals surface area contributed by atoms with Crippen molar-refractivity contribution < 1.29 is 0 Å². The first-order valence-electron chi connectivity index (χ1n) is 20.0. The van der Waals surface area contributed by atoms with Crippen LogP contribution in [0.1, 0.15) is 0 Å². The normalized spacial score (nSPS) is 11.7. The van der Waals surface area contributed by atoms with Gasteiger partial charge in [0.15, 0.2) is 5.82 Å². The van der Waals surface area contributed by atoms with E-state index in [9.17, 15) is 0 Å². The fourth-order valence-corrected chi connectivity index (χ4v) is 9.01. The average molecular weight is 751 g/mol. The van der Waals surface area contributed by atoms with Gasteiger partial charge >= 0.3 is 0 Å². The van der Waals surface area contributed by atoms with Crippen LogP contribution in [0, 0.1) is 0 Å². The molecule has 0 amide bonds. The first-order chi connectivity index (χ1) is 29.2. The van der Waals surface area contributed by atoms with E-state index in [1.54, 1.807) is 0 Å². The third-order valence-electron chi connectivity index (χ3n) is 11.7. The maximum atomic E-state index is 5.18. The van der Waals surface area contributed by atoms with Crippen LogP contribution < -0.4 is 0 Å². The first-order valence-corrected chi connectivity index (χ1v) is 20.0. The number of aromatic nitrogens is 4. The first kappa shape index (κ1) is 33.2. The lowest BCUT2D eigenvalue weighted by atomic mass is 9.92. The van der Waals surface area contributed by atoms with Crippen LogP contribution in [0.15, 0.2) is 206 Å². The second kappa shape index (κ2) is 13.3.